The Morgan fingerprint density at radius 3 is 2.09 bits per heavy atom. The maximum Gasteiger partial charge on any atom is 0.326 e. The molecule has 0 N–H and O–H groups in total. The van der Waals surface area contributed by atoms with Crippen molar-refractivity contribution in [2.24, 2.45) is 4.99 Å². The zero-order chi connectivity index (χ0) is 31.7. The minimum absolute atomic E-state index is 0.0765. The molecule has 2 saturated heterocycles. The lowest BCUT2D eigenvalue weighted by Gasteiger charge is -2.40. The van der Waals surface area contributed by atoms with Crippen LogP contribution in [0.2, 0.25) is 10.0 Å². The molecule has 1 aromatic heterocycles. The van der Waals surface area contributed by atoms with E-state index in [1.54, 1.807) is 6.20 Å². The van der Waals surface area contributed by atoms with Crippen molar-refractivity contribution in [2.75, 3.05) is 32.8 Å². The van der Waals surface area contributed by atoms with Crippen molar-refractivity contribution in [2.45, 2.75) is 76.9 Å². The number of urea groups is 1. The van der Waals surface area contributed by atoms with Gasteiger partial charge in [-0.2, -0.15) is 4.98 Å². The molecular formula is C35H42Cl2N6O2. The van der Waals surface area contributed by atoms with E-state index in [0.29, 0.717) is 58.9 Å². The average molecular weight is 650 g/mol. The van der Waals surface area contributed by atoms with Gasteiger partial charge in [0.05, 0.1) is 18.2 Å². The number of benzene rings is 2. The van der Waals surface area contributed by atoms with Gasteiger partial charge in [-0.15, -0.1) is 0 Å². The van der Waals surface area contributed by atoms with E-state index in [2.05, 4.69) is 25.7 Å². The molecule has 2 fully saturated rings. The van der Waals surface area contributed by atoms with Gasteiger partial charge in [-0.05, 0) is 81.1 Å². The quantitative estimate of drug-likeness (QED) is 0.274. The molecule has 238 valence electrons. The average Bonchev–Trinajstić information content (AvgIpc) is 3.71. The molecule has 8 nitrogen and oxygen atoms in total. The zero-order valence-electron chi connectivity index (χ0n) is 26.5. The number of carbonyl (C=O) groups is 1. The van der Waals surface area contributed by atoms with Crippen LogP contribution in [0.25, 0.3) is 0 Å². The molecule has 3 aliphatic heterocycles. The summed E-state index contributed by atoms with van der Waals surface area (Å²) >= 11 is 12.6. The van der Waals surface area contributed by atoms with Crippen molar-refractivity contribution in [1.82, 2.24) is 24.7 Å². The molecule has 0 saturated carbocycles. The third-order valence-corrected chi connectivity index (χ3v) is 9.54. The molecule has 10 heteroatoms. The van der Waals surface area contributed by atoms with Crippen LogP contribution in [0.5, 0.6) is 5.88 Å². The Bertz CT molecular complexity index is 1530. The van der Waals surface area contributed by atoms with Crippen LogP contribution >= 0.6 is 23.2 Å². The number of ether oxygens (including phenoxy) is 1. The van der Waals surface area contributed by atoms with Gasteiger partial charge in [0, 0.05) is 40.8 Å². The van der Waals surface area contributed by atoms with E-state index in [4.69, 9.17) is 42.9 Å². The van der Waals surface area contributed by atoms with Crippen LogP contribution in [0, 0.1) is 0 Å². The number of halogens is 2. The number of amidine groups is 1. The summed E-state index contributed by atoms with van der Waals surface area (Å²) in [5, 5.41) is 1.27. The third kappa shape index (κ3) is 6.69. The van der Waals surface area contributed by atoms with Gasteiger partial charge in [0.25, 0.3) is 0 Å². The number of aliphatic imine (C=N–C) groups is 1. The lowest BCUT2D eigenvalue weighted by molar-refractivity contribution is 0.117. The predicted octanol–water partition coefficient (Wildman–Crippen LogP) is 7.70. The Balaban J connectivity index is 1.45. The number of piperidine rings is 1. The summed E-state index contributed by atoms with van der Waals surface area (Å²) in [5.41, 5.74) is 2.20. The van der Waals surface area contributed by atoms with Crippen molar-refractivity contribution < 1.29 is 9.53 Å². The largest absolute Gasteiger partial charge is 0.477 e. The fourth-order valence-corrected chi connectivity index (χ4v) is 6.92. The highest BCUT2D eigenvalue weighted by atomic mass is 35.5. The third-order valence-electron chi connectivity index (χ3n) is 9.03. The van der Waals surface area contributed by atoms with Crippen molar-refractivity contribution in [3.8, 4) is 5.88 Å². The zero-order valence-corrected chi connectivity index (χ0v) is 28.1. The minimum Gasteiger partial charge on any atom is -0.477 e. The first-order valence-corrected chi connectivity index (χ1v) is 16.8. The number of nitrogens with zero attached hydrogens (tertiary/aromatic N) is 6. The van der Waals surface area contributed by atoms with E-state index in [9.17, 15) is 4.79 Å². The molecule has 45 heavy (non-hydrogen) atoms. The highest BCUT2D eigenvalue weighted by molar-refractivity contribution is 6.30. The second-order valence-electron chi connectivity index (χ2n) is 13.2. The summed E-state index contributed by atoms with van der Waals surface area (Å²) in [7, 11) is 0. The van der Waals surface area contributed by atoms with Crippen molar-refractivity contribution >= 4 is 35.1 Å². The smallest absolute Gasteiger partial charge is 0.326 e. The number of carbonyl (C=O) groups excluding carboxylic acids is 1. The summed E-state index contributed by atoms with van der Waals surface area (Å²) in [5.74, 6) is 1.59. The van der Waals surface area contributed by atoms with E-state index >= 15 is 0 Å². The first-order valence-electron chi connectivity index (χ1n) is 16.1. The Labute approximate surface area is 276 Å². The van der Waals surface area contributed by atoms with Gasteiger partial charge in [0.1, 0.15) is 17.7 Å². The van der Waals surface area contributed by atoms with Crippen LogP contribution in [-0.2, 0) is 5.41 Å². The second kappa shape index (κ2) is 13.3. The molecule has 0 radical (unpaired) electrons. The van der Waals surface area contributed by atoms with Crippen molar-refractivity contribution in [3.05, 3.63) is 87.3 Å². The molecule has 3 aliphatic rings. The minimum atomic E-state index is -0.431. The monoisotopic (exact) mass is 648 g/mol. The normalized spacial score (nSPS) is 21.3. The SMILES string of the molecule is CCOc1nc(C(C)(C)C)ncc1C1=N[C@@H](c2ccc(Cl)cc2)[C@@H](c2ccc(Cl)cc2)N1C(=O)N1CCC(N2CCCC2)CC1. The molecule has 4 heterocycles. The van der Waals surface area contributed by atoms with Crippen LogP contribution in [0.3, 0.4) is 0 Å². The molecule has 0 aliphatic carbocycles. The number of likely N-dealkylation sites (tertiary alicyclic amines) is 2. The van der Waals surface area contributed by atoms with Gasteiger partial charge >= 0.3 is 6.03 Å². The van der Waals surface area contributed by atoms with Crippen LogP contribution < -0.4 is 4.74 Å². The van der Waals surface area contributed by atoms with Gasteiger partial charge in [-0.25, -0.2) is 9.78 Å². The summed E-state index contributed by atoms with van der Waals surface area (Å²) in [6.45, 7) is 12.3. The van der Waals surface area contributed by atoms with Crippen LogP contribution in [0.15, 0.2) is 59.7 Å². The maximum atomic E-state index is 14.8. The van der Waals surface area contributed by atoms with E-state index in [1.807, 2.05) is 65.3 Å². The summed E-state index contributed by atoms with van der Waals surface area (Å²) in [6.07, 6.45) is 6.22. The second-order valence-corrected chi connectivity index (χ2v) is 14.0. The number of hydrogen-bond donors (Lipinski definition) is 0. The lowest BCUT2D eigenvalue weighted by Crippen LogP contribution is -2.52. The number of amides is 2. The van der Waals surface area contributed by atoms with Crippen molar-refractivity contribution in [1.29, 1.82) is 0 Å². The molecule has 0 bridgehead atoms. The van der Waals surface area contributed by atoms with Crippen LogP contribution in [-0.4, -0.2) is 75.4 Å². The first kappa shape index (κ1) is 31.8. The van der Waals surface area contributed by atoms with Gasteiger partial charge < -0.3 is 14.5 Å². The Kier molecular flexibility index (Phi) is 9.37. The van der Waals surface area contributed by atoms with Crippen molar-refractivity contribution in [3.63, 3.8) is 0 Å². The number of aromatic nitrogens is 2. The summed E-state index contributed by atoms with van der Waals surface area (Å²) < 4.78 is 6.12. The Hall–Kier alpha value is -3.20. The lowest BCUT2D eigenvalue weighted by atomic mass is 9.93. The van der Waals surface area contributed by atoms with E-state index in [0.717, 1.165) is 37.1 Å². The van der Waals surface area contributed by atoms with Crippen LogP contribution in [0.1, 0.15) is 88.0 Å². The molecule has 2 aromatic carbocycles. The van der Waals surface area contributed by atoms with Gasteiger partial charge in [-0.1, -0.05) is 68.2 Å². The summed E-state index contributed by atoms with van der Waals surface area (Å²) in [4.78, 5) is 36.1. The Morgan fingerprint density at radius 2 is 1.51 bits per heavy atom. The topological polar surface area (TPSA) is 74.2 Å². The summed E-state index contributed by atoms with van der Waals surface area (Å²) in [6, 6.07) is 15.0. The highest BCUT2D eigenvalue weighted by Crippen LogP contribution is 2.45. The first-order chi connectivity index (χ1) is 21.6. The predicted molar refractivity (Wildman–Crippen MR) is 179 cm³/mol. The molecule has 0 spiro atoms. The molecule has 6 rings (SSSR count). The standard InChI is InChI=1S/C35H42Cl2N6O2/c1-5-45-32-28(22-38-33(40-32)35(2,3)4)31-39-29(23-8-12-25(36)13-9-23)30(24-10-14-26(37)15-11-24)43(31)34(44)42-20-16-27(17-21-42)41-18-6-7-19-41/h8-15,22,27,29-30H,5-7,16-21H2,1-4H3/t29-,30+/m0/s1. The van der Waals surface area contributed by atoms with Gasteiger partial charge in [-0.3, -0.25) is 9.89 Å². The molecular weight excluding hydrogens is 607 g/mol. The maximum absolute atomic E-state index is 14.8. The van der Waals surface area contributed by atoms with E-state index in [-0.39, 0.29) is 11.4 Å². The number of hydrogen-bond acceptors (Lipinski definition) is 6. The Morgan fingerprint density at radius 1 is 0.911 bits per heavy atom. The molecule has 3 aromatic rings. The fraction of sp³-hybridized carbons (Fsp3) is 0.486. The number of rotatable bonds is 6. The molecule has 2 amide bonds. The van der Waals surface area contributed by atoms with Gasteiger partial charge in [0.15, 0.2) is 0 Å². The molecule has 2 atom stereocenters. The van der Waals surface area contributed by atoms with Crippen LogP contribution in [0.4, 0.5) is 4.79 Å². The molecule has 0 unspecified atom stereocenters. The van der Waals surface area contributed by atoms with E-state index in [1.165, 1.54) is 12.8 Å². The highest BCUT2D eigenvalue weighted by Gasteiger charge is 2.45. The van der Waals surface area contributed by atoms with Gasteiger partial charge in [0.2, 0.25) is 5.88 Å². The fourth-order valence-electron chi connectivity index (χ4n) is 6.66. The van der Waals surface area contributed by atoms with E-state index < -0.39 is 12.1 Å².